The van der Waals surface area contributed by atoms with E-state index >= 15 is 0 Å². The molecule has 2 aromatic carbocycles. The molecule has 0 aliphatic rings. The molecule has 1 atom stereocenters. The van der Waals surface area contributed by atoms with Gasteiger partial charge < -0.3 is 14.2 Å². The summed E-state index contributed by atoms with van der Waals surface area (Å²) in [5, 5.41) is 0.666. The van der Waals surface area contributed by atoms with Crippen LogP contribution in [-0.4, -0.2) is 40.8 Å². The Hall–Kier alpha value is -2.00. The first kappa shape index (κ1) is 22.3. The zero-order chi connectivity index (χ0) is 20.7. The minimum absolute atomic E-state index is 0.00430. The lowest BCUT2D eigenvalue weighted by Crippen LogP contribution is -2.39. The number of rotatable bonds is 9. The lowest BCUT2D eigenvalue weighted by atomic mass is 10.3. The van der Waals surface area contributed by atoms with E-state index in [1.807, 2.05) is 0 Å². The van der Waals surface area contributed by atoms with Crippen molar-refractivity contribution in [2.24, 2.45) is 0 Å². The molecule has 1 N–H and O–H groups in total. The monoisotopic (exact) mass is 447 g/mol. The van der Waals surface area contributed by atoms with Gasteiger partial charge in [0.15, 0.2) is 5.75 Å². The number of nitrogens with one attached hydrogen (secondary N) is 1. The van der Waals surface area contributed by atoms with Crippen LogP contribution >= 0.6 is 23.2 Å². The van der Waals surface area contributed by atoms with E-state index in [1.54, 1.807) is 18.2 Å². The molecule has 0 heterocycles. The van der Waals surface area contributed by atoms with Gasteiger partial charge in [-0.05, 0) is 43.3 Å². The Morgan fingerprint density at radius 3 is 2.25 bits per heavy atom. The summed E-state index contributed by atoms with van der Waals surface area (Å²) in [4.78, 5) is 12.0. The minimum Gasteiger partial charge on any atom is -0.497 e. The number of methoxy groups -OCH3 is 1. The molecule has 0 bridgehead atoms. The van der Waals surface area contributed by atoms with Crippen LogP contribution in [0.5, 0.6) is 11.5 Å². The van der Waals surface area contributed by atoms with Crippen LogP contribution in [0.2, 0.25) is 10.0 Å². The third-order valence-corrected chi connectivity index (χ3v) is 5.70. The molecule has 0 fully saturated rings. The number of benzene rings is 2. The summed E-state index contributed by atoms with van der Waals surface area (Å²) in [6.45, 7) is 1.29. The summed E-state index contributed by atoms with van der Waals surface area (Å²) in [7, 11) is -2.41. The van der Waals surface area contributed by atoms with Gasteiger partial charge in [-0.1, -0.05) is 29.3 Å². The van der Waals surface area contributed by atoms with Crippen LogP contribution in [-0.2, 0) is 19.6 Å². The van der Waals surface area contributed by atoms with E-state index in [4.69, 9.17) is 37.4 Å². The predicted octanol–water partition coefficient (Wildman–Crippen LogP) is 3.29. The molecule has 10 heteroatoms. The molecule has 0 saturated carbocycles. The lowest BCUT2D eigenvalue weighted by molar-refractivity contribution is -0.145. The SMILES string of the molecule is COc1ccc(S(=O)(=O)N[C@@H](C)C(=O)OCCOc2c(Cl)cccc2Cl)cc1. The summed E-state index contributed by atoms with van der Waals surface area (Å²) in [5.74, 6) is 0.0612. The molecule has 152 valence electrons. The first-order valence-electron chi connectivity index (χ1n) is 8.14. The molecule has 0 aliphatic heterocycles. The fraction of sp³-hybridized carbons (Fsp3) is 0.278. The average Bonchev–Trinajstić information content (AvgIpc) is 2.66. The summed E-state index contributed by atoms with van der Waals surface area (Å²) < 4.78 is 42.3. The van der Waals surface area contributed by atoms with Gasteiger partial charge in [0, 0.05) is 0 Å². The second-order valence-electron chi connectivity index (χ2n) is 5.59. The van der Waals surface area contributed by atoms with Crippen molar-refractivity contribution >= 4 is 39.2 Å². The summed E-state index contributed by atoms with van der Waals surface area (Å²) in [6.07, 6.45) is 0. The molecular weight excluding hydrogens is 429 g/mol. The quantitative estimate of drug-likeness (QED) is 0.468. The van der Waals surface area contributed by atoms with Gasteiger partial charge in [-0.25, -0.2) is 8.42 Å². The maximum atomic E-state index is 12.3. The number of para-hydroxylation sites is 1. The van der Waals surface area contributed by atoms with Crippen LogP contribution in [0.1, 0.15) is 6.92 Å². The van der Waals surface area contributed by atoms with E-state index in [0.29, 0.717) is 15.8 Å². The fourth-order valence-corrected chi connectivity index (χ4v) is 3.83. The predicted molar refractivity (Wildman–Crippen MR) is 106 cm³/mol. The second-order valence-corrected chi connectivity index (χ2v) is 8.11. The van der Waals surface area contributed by atoms with Crippen molar-refractivity contribution < 1.29 is 27.4 Å². The molecule has 0 unspecified atom stereocenters. The van der Waals surface area contributed by atoms with E-state index in [1.165, 1.54) is 38.3 Å². The van der Waals surface area contributed by atoms with Crippen molar-refractivity contribution in [3.05, 3.63) is 52.5 Å². The standard InChI is InChI=1S/C18H19Cl2NO6S/c1-12(21-28(23,24)14-8-6-13(25-2)7-9-14)18(22)27-11-10-26-17-15(19)4-3-5-16(17)20/h3-9,12,21H,10-11H2,1-2H3/t12-/m0/s1. The molecule has 2 aromatic rings. The van der Waals surface area contributed by atoms with Crippen LogP contribution in [0.3, 0.4) is 0 Å². The highest BCUT2D eigenvalue weighted by Gasteiger charge is 2.23. The van der Waals surface area contributed by atoms with Gasteiger partial charge in [0.1, 0.15) is 25.0 Å². The first-order chi connectivity index (χ1) is 13.2. The highest BCUT2D eigenvalue weighted by atomic mass is 35.5. The number of carbonyl (C=O) groups is 1. The largest absolute Gasteiger partial charge is 0.497 e. The van der Waals surface area contributed by atoms with E-state index in [9.17, 15) is 13.2 Å². The molecule has 0 aromatic heterocycles. The number of esters is 1. The third-order valence-electron chi connectivity index (χ3n) is 3.55. The Kier molecular flexibility index (Phi) is 7.94. The van der Waals surface area contributed by atoms with E-state index < -0.39 is 22.0 Å². The zero-order valence-corrected chi connectivity index (χ0v) is 17.5. The van der Waals surface area contributed by atoms with Crippen molar-refractivity contribution in [2.45, 2.75) is 17.9 Å². The molecule has 0 amide bonds. The fourth-order valence-electron chi connectivity index (χ4n) is 2.14. The number of hydrogen-bond acceptors (Lipinski definition) is 6. The van der Waals surface area contributed by atoms with Crippen molar-refractivity contribution in [1.82, 2.24) is 4.72 Å². The number of carbonyl (C=O) groups excluding carboxylic acids is 1. The first-order valence-corrected chi connectivity index (χ1v) is 10.4. The van der Waals surface area contributed by atoms with Gasteiger partial charge in [0.25, 0.3) is 0 Å². The van der Waals surface area contributed by atoms with Gasteiger partial charge in [0.2, 0.25) is 10.0 Å². The number of sulfonamides is 1. The van der Waals surface area contributed by atoms with Gasteiger partial charge in [-0.15, -0.1) is 0 Å². The van der Waals surface area contributed by atoms with E-state index in [0.717, 1.165) is 0 Å². The Balaban J connectivity index is 1.85. The van der Waals surface area contributed by atoms with E-state index in [-0.39, 0.29) is 23.9 Å². The van der Waals surface area contributed by atoms with Gasteiger partial charge in [-0.3, -0.25) is 4.79 Å². The molecule has 0 radical (unpaired) electrons. The molecule has 28 heavy (non-hydrogen) atoms. The van der Waals surface area contributed by atoms with Gasteiger partial charge >= 0.3 is 5.97 Å². The van der Waals surface area contributed by atoms with Gasteiger partial charge in [0.05, 0.1) is 22.1 Å². The van der Waals surface area contributed by atoms with Crippen molar-refractivity contribution in [1.29, 1.82) is 0 Å². The Bertz CT molecular complexity index is 898. The van der Waals surface area contributed by atoms with Crippen LogP contribution in [0, 0.1) is 0 Å². The molecule has 2 rings (SSSR count). The topological polar surface area (TPSA) is 90.9 Å². The molecule has 0 aliphatic carbocycles. The molecule has 0 saturated heterocycles. The summed E-state index contributed by atoms with van der Waals surface area (Å²) in [6, 6.07) is 9.59. The second kappa shape index (κ2) is 9.97. The lowest BCUT2D eigenvalue weighted by Gasteiger charge is -2.15. The third kappa shape index (κ3) is 6.00. The van der Waals surface area contributed by atoms with Crippen molar-refractivity contribution in [3.63, 3.8) is 0 Å². The molecule has 7 nitrogen and oxygen atoms in total. The van der Waals surface area contributed by atoms with Crippen LogP contribution in [0.4, 0.5) is 0 Å². The zero-order valence-electron chi connectivity index (χ0n) is 15.1. The maximum absolute atomic E-state index is 12.3. The Labute approximate surface area is 173 Å². The van der Waals surface area contributed by atoms with Crippen LogP contribution in [0.15, 0.2) is 47.4 Å². The molecule has 0 spiro atoms. The minimum atomic E-state index is -3.89. The van der Waals surface area contributed by atoms with Crippen molar-refractivity contribution in [3.8, 4) is 11.5 Å². The van der Waals surface area contributed by atoms with Crippen LogP contribution in [0.25, 0.3) is 0 Å². The summed E-state index contributed by atoms with van der Waals surface area (Å²) in [5.41, 5.74) is 0. The Morgan fingerprint density at radius 2 is 1.68 bits per heavy atom. The van der Waals surface area contributed by atoms with Crippen molar-refractivity contribution in [2.75, 3.05) is 20.3 Å². The highest BCUT2D eigenvalue weighted by molar-refractivity contribution is 7.89. The number of hydrogen-bond donors (Lipinski definition) is 1. The van der Waals surface area contributed by atoms with E-state index in [2.05, 4.69) is 4.72 Å². The Morgan fingerprint density at radius 1 is 1.07 bits per heavy atom. The number of halogens is 2. The highest BCUT2D eigenvalue weighted by Crippen LogP contribution is 2.32. The van der Waals surface area contributed by atoms with Gasteiger partial charge in [-0.2, -0.15) is 4.72 Å². The smallest absolute Gasteiger partial charge is 0.324 e. The average molecular weight is 448 g/mol. The summed E-state index contributed by atoms with van der Waals surface area (Å²) >= 11 is 11.9. The molecular formula is C18H19Cl2NO6S. The maximum Gasteiger partial charge on any atom is 0.324 e. The number of ether oxygens (including phenoxy) is 3. The van der Waals surface area contributed by atoms with Crippen LogP contribution < -0.4 is 14.2 Å². The normalized spacial score (nSPS) is 12.3.